The summed E-state index contributed by atoms with van der Waals surface area (Å²) in [5, 5.41) is 5.06. The van der Waals surface area contributed by atoms with E-state index < -0.39 is 35.9 Å². The molecule has 0 radical (unpaired) electrons. The normalized spacial score (nSPS) is 15.0. The van der Waals surface area contributed by atoms with E-state index in [-0.39, 0.29) is 6.54 Å². The van der Waals surface area contributed by atoms with Crippen molar-refractivity contribution in [2.24, 2.45) is 0 Å². The first-order valence-electron chi connectivity index (χ1n) is 10.6. The van der Waals surface area contributed by atoms with Crippen LogP contribution in [0.3, 0.4) is 0 Å². The van der Waals surface area contributed by atoms with Crippen molar-refractivity contribution in [1.82, 2.24) is 10.6 Å². The number of rotatable bonds is 7. The number of amides is 2. The van der Waals surface area contributed by atoms with E-state index in [1.807, 2.05) is 6.07 Å². The van der Waals surface area contributed by atoms with Crippen LogP contribution in [0.1, 0.15) is 48.0 Å². The van der Waals surface area contributed by atoms with Gasteiger partial charge < -0.3 is 15.4 Å². The monoisotopic (exact) mass is 462 g/mol. The summed E-state index contributed by atoms with van der Waals surface area (Å²) in [5.41, 5.74) is 1.37. The molecule has 9 heteroatoms. The fourth-order valence-corrected chi connectivity index (χ4v) is 4.06. The minimum atomic E-state index is -4.63. The summed E-state index contributed by atoms with van der Waals surface area (Å²) < 4.78 is 42.4. The van der Waals surface area contributed by atoms with Crippen LogP contribution in [0.25, 0.3) is 11.1 Å². The summed E-state index contributed by atoms with van der Waals surface area (Å²) in [6.07, 6.45) is -4.36. The number of methoxy groups -OCH3 is 1. The summed E-state index contributed by atoms with van der Waals surface area (Å²) in [5.74, 6) is -2.14. The van der Waals surface area contributed by atoms with Gasteiger partial charge in [-0.25, -0.2) is 4.79 Å². The van der Waals surface area contributed by atoms with E-state index in [2.05, 4.69) is 10.6 Å². The van der Waals surface area contributed by atoms with Gasteiger partial charge in [0.2, 0.25) is 11.8 Å². The number of alkyl halides is 3. The zero-order valence-electron chi connectivity index (χ0n) is 18.1. The summed E-state index contributed by atoms with van der Waals surface area (Å²) in [6.45, 7) is 0.147. The van der Waals surface area contributed by atoms with E-state index >= 15 is 0 Å². The average Bonchev–Trinajstić information content (AvgIpc) is 3.25. The van der Waals surface area contributed by atoms with E-state index in [1.54, 1.807) is 42.5 Å². The van der Waals surface area contributed by atoms with Crippen LogP contribution in [0.15, 0.2) is 48.5 Å². The number of hydrogen-bond donors (Lipinski definition) is 2. The first kappa shape index (κ1) is 24.3. The average molecular weight is 462 g/mol. The highest BCUT2D eigenvalue weighted by Gasteiger charge is 2.44. The Morgan fingerprint density at radius 2 is 1.64 bits per heavy atom. The number of carbonyl (C=O) groups excluding carboxylic acids is 3. The Morgan fingerprint density at radius 3 is 2.24 bits per heavy atom. The first-order chi connectivity index (χ1) is 15.6. The van der Waals surface area contributed by atoms with Crippen LogP contribution in [0.2, 0.25) is 0 Å². The number of hydrogen-bond acceptors (Lipinski definition) is 4. The molecule has 33 heavy (non-hydrogen) atoms. The number of carbonyl (C=O) groups is 3. The molecule has 0 bridgehead atoms. The van der Waals surface area contributed by atoms with Gasteiger partial charge in [-0.15, -0.1) is 0 Å². The lowest BCUT2D eigenvalue weighted by molar-refractivity contribution is -0.156. The van der Waals surface area contributed by atoms with Crippen molar-refractivity contribution < 1.29 is 32.3 Å². The molecule has 0 aliphatic heterocycles. The summed E-state index contributed by atoms with van der Waals surface area (Å²) in [7, 11) is 1.31. The molecule has 176 valence electrons. The van der Waals surface area contributed by atoms with Gasteiger partial charge in [-0.2, -0.15) is 13.2 Å². The van der Waals surface area contributed by atoms with Crippen molar-refractivity contribution in [2.45, 2.75) is 50.4 Å². The highest BCUT2D eigenvalue weighted by atomic mass is 19.4. The van der Waals surface area contributed by atoms with E-state index in [0.29, 0.717) is 36.8 Å². The SMILES string of the molecule is COC(=O)c1ccccc1-c1ccc(CNC(=O)C2(NC(=O)CC(F)(F)F)CCCC2)cc1. The zero-order chi connectivity index (χ0) is 24.1. The highest BCUT2D eigenvalue weighted by Crippen LogP contribution is 2.31. The molecule has 0 heterocycles. The summed E-state index contributed by atoms with van der Waals surface area (Å²) in [6, 6.07) is 14.2. The van der Waals surface area contributed by atoms with E-state index in [0.717, 1.165) is 11.1 Å². The van der Waals surface area contributed by atoms with Gasteiger partial charge in [0.25, 0.3) is 0 Å². The molecule has 2 aromatic rings. The highest BCUT2D eigenvalue weighted by molar-refractivity contribution is 5.97. The Bertz CT molecular complexity index is 1010. The van der Waals surface area contributed by atoms with Crippen molar-refractivity contribution in [3.63, 3.8) is 0 Å². The lowest BCUT2D eigenvalue weighted by atomic mass is 9.95. The van der Waals surface area contributed by atoms with Gasteiger partial charge in [-0.05, 0) is 35.6 Å². The number of esters is 1. The van der Waals surface area contributed by atoms with Gasteiger partial charge in [-0.1, -0.05) is 55.3 Å². The van der Waals surface area contributed by atoms with Gasteiger partial charge in [0.1, 0.15) is 12.0 Å². The standard InChI is InChI=1S/C24H25F3N2O4/c1-33-21(31)19-7-3-2-6-18(19)17-10-8-16(9-11-17)15-28-22(32)23(12-4-5-13-23)29-20(30)14-24(25,26)27/h2-3,6-11H,4-5,12-15H2,1H3,(H,28,32)(H,29,30). The molecule has 1 aliphatic rings. The largest absolute Gasteiger partial charge is 0.465 e. The van der Waals surface area contributed by atoms with Crippen molar-refractivity contribution in [2.75, 3.05) is 7.11 Å². The lowest BCUT2D eigenvalue weighted by Crippen LogP contribution is -2.57. The van der Waals surface area contributed by atoms with Gasteiger partial charge in [0.15, 0.2) is 0 Å². The van der Waals surface area contributed by atoms with E-state index in [9.17, 15) is 27.6 Å². The molecule has 2 aromatic carbocycles. The predicted octanol–water partition coefficient (Wildman–Crippen LogP) is 4.14. The van der Waals surface area contributed by atoms with Crippen LogP contribution in [0.5, 0.6) is 0 Å². The third kappa shape index (κ3) is 6.12. The minimum absolute atomic E-state index is 0.147. The third-order valence-electron chi connectivity index (χ3n) is 5.68. The van der Waals surface area contributed by atoms with Crippen LogP contribution in [0, 0.1) is 0 Å². The second-order valence-electron chi connectivity index (χ2n) is 8.05. The molecular weight excluding hydrogens is 437 g/mol. The summed E-state index contributed by atoms with van der Waals surface area (Å²) in [4.78, 5) is 36.6. The number of ether oxygens (including phenoxy) is 1. The van der Waals surface area contributed by atoms with Crippen molar-refractivity contribution in [3.8, 4) is 11.1 Å². The molecule has 1 saturated carbocycles. The molecule has 0 aromatic heterocycles. The minimum Gasteiger partial charge on any atom is -0.465 e. The number of benzene rings is 2. The molecule has 0 unspecified atom stereocenters. The first-order valence-corrected chi connectivity index (χ1v) is 10.6. The van der Waals surface area contributed by atoms with Crippen molar-refractivity contribution in [3.05, 3.63) is 59.7 Å². The van der Waals surface area contributed by atoms with Crippen LogP contribution in [0.4, 0.5) is 13.2 Å². The van der Waals surface area contributed by atoms with Gasteiger partial charge in [0.05, 0.1) is 12.7 Å². The molecule has 0 atom stereocenters. The van der Waals surface area contributed by atoms with Crippen LogP contribution >= 0.6 is 0 Å². The Hall–Kier alpha value is -3.36. The quantitative estimate of drug-likeness (QED) is 0.606. The third-order valence-corrected chi connectivity index (χ3v) is 5.68. The molecule has 1 aliphatic carbocycles. The lowest BCUT2D eigenvalue weighted by Gasteiger charge is -2.29. The van der Waals surface area contributed by atoms with Crippen LogP contribution < -0.4 is 10.6 Å². The molecule has 6 nitrogen and oxygen atoms in total. The predicted molar refractivity (Wildman–Crippen MR) is 115 cm³/mol. The molecule has 3 rings (SSSR count). The zero-order valence-corrected chi connectivity index (χ0v) is 18.1. The van der Waals surface area contributed by atoms with Gasteiger partial charge in [-0.3, -0.25) is 9.59 Å². The smallest absolute Gasteiger partial charge is 0.397 e. The molecule has 1 fully saturated rings. The molecule has 2 N–H and O–H groups in total. The van der Waals surface area contributed by atoms with E-state index in [1.165, 1.54) is 7.11 Å². The second-order valence-corrected chi connectivity index (χ2v) is 8.05. The molecule has 0 saturated heterocycles. The van der Waals surface area contributed by atoms with Gasteiger partial charge in [0, 0.05) is 6.54 Å². The van der Waals surface area contributed by atoms with Crippen LogP contribution in [-0.4, -0.2) is 36.6 Å². The maximum absolute atomic E-state index is 12.8. The Morgan fingerprint density at radius 1 is 1.00 bits per heavy atom. The molecular formula is C24H25F3N2O4. The topological polar surface area (TPSA) is 84.5 Å². The second kappa shape index (κ2) is 10.1. The Labute approximate surface area is 189 Å². The van der Waals surface area contributed by atoms with Gasteiger partial charge >= 0.3 is 12.1 Å². The fourth-order valence-electron chi connectivity index (χ4n) is 4.06. The number of nitrogens with one attached hydrogen (secondary N) is 2. The van der Waals surface area contributed by atoms with Crippen molar-refractivity contribution >= 4 is 17.8 Å². The Kier molecular flexibility index (Phi) is 7.40. The molecule has 0 spiro atoms. The maximum Gasteiger partial charge on any atom is 0.397 e. The van der Waals surface area contributed by atoms with Crippen LogP contribution in [-0.2, 0) is 20.9 Å². The summed E-state index contributed by atoms with van der Waals surface area (Å²) >= 11 is 0. The maximum atomic E-state index is 12.8. The molecule has 2 amide bonds. The number of halogens is 3. The Balaban J connectivity index is 1.67. The van der Waals surface area contributed by atoms with Crippen molar-refractivity contribution in [1.29, 1.82) is 0 Å². The van der Waals surface area contributed by atoms with E-state index in [4.69, 9.17) is 4.74 Å². The fraction of sp³-hybridized carbons (Fsp3) is 0.375.